The molecule has 1 amide bonds. The second-order valence-corrected chi connectivity index (χ2v) is 6.13. The van der Waals surface area contributed by atoms with Gasteiger partial charge in [0, 0.05) is 23.6 Å². The molecule has 140 valence electrons. The van der Waals surface area contributed by atoms with Gasteiger partial charge in [-0.1, -0.05) is 72.8 Å². The quantitative estimate of drug-likeness (QED) is 0.520. The number of esters is 1. The number of ketones is 1. The number of benzene rings is 3. The van der Waals surface area contributed by atoms with Crippen LogP contribution in [0.4, 0.5) is 5.69 Å². The lowest BCUT2D eigenvalue weighted by molar-refractivity contribution is -0.152. The largest absolute Gasteiger partial charge is 0.447 e. The summed E-state index contributed by atoms with van der Waals surface area (Å²) in [6, 6.07) is 24.3. The molecule has 0 aromatic heterocycles. The average molecular weight is 373 g/mol. The van der Waals surface area contributed by atoms with Crippen molar-refractivity contribution >= 4 is 23.3 Å². The molecule has 0 aliphatic rings. The monoisotopic (exact) mass is 373 g/mol. The zero-order valence-corrected chi connectivity index (χ0v) is 15.3. The first-order chi connectivity index (χ1) is 13.6. The number of amides is 1. The Hall–Kier alpha value is -3.73. The average Bonchev–Trinajstić information content (AvgIpc) is 2.73. The van der Waals surface area contributed by atoms with Crippen molar-refractivity contribution < 1.29 is 19.1 Å². The van der Waals surface area contributed by atoms with E-state index in [0.717, 1.165) is 0 Å². The molecule has 0 bridgehead atoms. The van der Waals surface area contributed by atoms with Crippen LogP contribution in [0.2, 0.25) is 0 Å². The fourth-order valence-corrected chi connectivity index (χ4v) is 2.80. The van der Waals surface area contributed by atoms with Crippen LogP contribution in [0.3, 0.4) is 0 Å². The minimum Gasteiger partial charge on any atom is -0.447 e. The Morgan fingerprint density at radius 1 is 0.786 bits per heavy atom. The smallest absolute Gasteiger partial charge is 0.303 e. The fourth-order valence-electron chi connectivity index (χ4n) is 2.80. The number of hydrogen-bond acceptors (Lipinski definition) is 4. The highest BCUT2D eigenvalue weighted by atomic mass is 16.5. The van der Waals surface area contributed by atoms with Gasteiger partial charge in [-0.3, -0.25) is 14.4 Å². The summed E-state index contributed by atoms with van der Waals surface area (Å²) in [5, 5.41) is 2.73. The predicted octanol–water partition coefficient (Wildman–Crippen LogP) is 4.16. The van der Waals surface area contributed by atoms with Crippen molar-refractivity contribution in [2.45, 2.75) is 13.0 Å². The van der Waals surface area contributed by atoms with Gasteiger partial charge in [-0.25, -0.2) is 0 Å². The van der Waals surface area contributed by atoms with Crippen molar-refractivity contribution in [3.8, 4) is 0 Å². The van der Waals surface area contributed by atoms with Gasteiger partial charge in [0.1, 0.15) is 0 Å². The van der Waals surface area contributed by atoms with E-state index in [2.05, 4.69) is 5.32 Å². The highest BCUT2D eigenvalue weighted by Gasteiger charge is 2.25. The number of ether oxygens (including phenoxy) is 1. The lowest BCUT2D eigenvalue weighted by atomic mass is 10.0. The Labute approximate surface area is 163 Å². The lowest BCUT2D eigenvalue weighted by Crippen LogP contribution is -2.26. The van der Waals surface area contributed by atoms with E-state index >= 15 is 0 Å². The van der Waals surface area contributed by atoms with Crippen LogP contribution in [0, 0.1) is 0 Å². The van der Waals surface area contributed by atoms with Crippen LogP contribution >= 0.6 is 0 Å². The van der Waals surface area contributed by atoms with Crippen LogP contribution in [0.25, 0.3) is 0 Å². The molecule has 5 heteroatoms. The molecule has 3 aromatic rings. The predicted molar refractivity (Wildman–Crippen MR) is 106 cm³/mol. The van der Waals surface area contributed by atoms with Crippen LogP contribution in [-0.2, 0) is 14.3 Å². The van der Waals surface area contributed by atoms with Gasteiger partial charge in [0.15, 0.2) is 5.78 Å². The normalized spacial score (nSPS) is 11.3. The SMILES string of the molecule is CC(=O)OC(C(=O)Nc1ccccc1C(=O)c1ccccc1)c1ccccc1. The number of carbonyl (C=O) groups is 3. The molecule has 0 saturated heterocycles. The van der Waals surface area contributed by atoms with Gasteiger partial charge in [0.2, 0.25) is 6.10 Å². The molecule has 3 rings (SSSR count). The number of carbonyl (C=O) groups excluding carboxylic acids is 3. The molecule has 0 saturated carbocycles. The first kappa shape index (κ1) is 19.0. The van der Waals surface area contributed by atoms with Crippen molar-refractivity contribution in [3.05, 3.63) is 102 Å². The van der Waals surface area contributed by atoms with Crippen LogP contribution in [0.5, 0.6) is 0 Å². The molecule has 0 fully saturated rings. The highest BCUT2D eigenvalue weighted by Crippen LogP contribution is 2.23. The summed E-state index contributed by atoms with van der Waals surface area (Å²) < 4.78 is 5.22. The molecule has 0 heterocycles. The number of para-hydroxylation sites is 1. The molecule has 1 atom stereocenters. The van der Waals surface area contributed by atoms with Gasteiger partial charge in [0.25, 0.3) is 5.91 Å². The molecule has 0 spiro atoms. The molecule has 0 radical (unpaired) electrons. The van der Waals surface area contributed by atoms with E-state index < -0.39 is 18.0 Å². The van der Waals surface area contributed by atoms with E-state index in [1.165, 1.54) is 6.92 Å². The van der Waals surface area contributed by atoms with Crippen molar-refractivity contribution in [1.29, 1.82) is 0 Å². The lowest BCUT2D eigenvalue weighted by Gasteiger charge is -2.18. The molecule has 3 aromatic carbocycles. The molecule has 1 N–H and O–H groups in total. The maximum absolute atomic E-state index is 12.9. The van der Waals surface area contributed by atoms with E-state index in [1.54, 1.807) is 78.9 Å². The van der Waals surface area contributed by atoms with Crippen LogP contribution in [0.15, 0.2) is 84.9 Å². The van der Waals surface area contributed by atoms with E-state index in [9.17, 15) is 14.4 Å². The third-order valence-corrected chi connectivity index (χ3v) is 4.09. The highest BCUT2D eigenvalue weighted by molar-refractivity contribution is 6.14. The summed E-state index contributed by atoms with van der Waals surface area (Å²) in [7, 11) is 0. The van der Waals surface area contributed by atoms with E-state index in [0.29, 0.717) is 22.4 Å². The molecule has 28 heavy (non-hydrogen) atoms. The van der Waals surface area contributed by atoms with Crippen molar-refractivity contribution in [2.24, 2.45) is 0 Å². The van der Waals surface area contributed by atoms with Gasteiger partial charge in [-0.05, 0) is 12.1 Å². The molecule has 0 aliphatic heterocycles. The summed E-state index contributed by atoms with van der Waals surface area (Å²) in [6.45, 7) is 1.25. The summed E-state index contributed by atoms with van der Waals surface area (Å²) in [5.41, 5.74) is 1.77. The Kier molecular flexibility index (Phi) is 5.97. The van der Waals surface area contributed by atoms with Gasteiger partial charge in [0.05, 0.1) is 5.69 Å². The number of rotatable bonds is 6. The maximum atomic E-state index is 12.9. The summed E-state index contributed by atoms with van der Waals surface area (Å²) in [5.74, 6) is -1.31. The molecule has 0 aliphatic carbocycles. The Bertz CT molecular complexity index is 984. The first-order valence-corrected chi connectivity index (χ1v) is 8.78. The minimum absolute atomic E-state index is 0.208. The van der Waals surface area contributed by atoms with Gasteiger partial charge >= 0.3 is 5.97 Å². The zero-order valence-electron chi connectivity index (χ0n) is 15.3. The number of hydrogen-bond donors (Lipinski definition) is 1. The molecule has 5 nitrogen and oxygen atoms in total. The number of anilines is 1. The molecular formula is C23H19NO4. The molecular weight excluding hydrogens is 354 g/mol. The van der Waals surface area contributed by atoms with Gasteiger partial charge in [-0.2, -0.15) is 0 Å². The van der Waals surface area contributed by atoms with E-state index in [4.69, 9.17) is 4.74 Å². The van der Waals surface area contributed by atoms with Crippen molar-refractivity contribution in [1.82, 2.24) is 0 Å². The first-order valence-electron chi connectivity index (χ1n) is 8.78. The summed E-state index contributed by atoms with van der Waals surface area (Å²) >= 11 is 0. The summed E-state index contributed by atoms with van der Waals surface area (Å²) in [6.07, 6.45) is -1.11. The molecule has 1 unspecified atom stereocenters. The van der Waals surface area contributed by atoms with Gasteiger partial charge < -0.3 is 10.1 Å². The van der Waals surface area contributed by atoms with E-state index in [-0.39, 0.29) is 5.78 Å². The van der Waals surface area contributed by atoms with Crippen molar-refractivity contribution in [3.63, 3.8) is 0 Å². The van der Waals surface area contributed by atoms with Crippen molar-refractivity contribution in [2.75, 3.05) is 5.32 Å². The summed E-state index contributed by atoms with van der Waals surface area (Å²) in [4.78, 5) is 37.2. The standard InChI is InChI=1S/C23H19NO4/c1-16(25)28-22(18-12-6-3-7-13-18)23(27)24-20-15-9-8-14-19(20)21(26)17-10-4-2-5-11-17/h2-15,22H,1H3,(H,24,27). The third-order valence-electron chi connectivity index (χ3n) is 4.09. The van der Waals surface area contributed by atoms with Crippen LogP contribution in [-0.4, -0.2) is 17.7 Å². The fraction of sp³-hybridized carbons (Fsp3) is 0.0870. The van der Waals surface area contributed by atoms with Crippen LogP contribution in [0.1, 0.15) is 34.5 Å². The van der Waals surface area contributed by atoms with Crippen LogP contribution < -0.4 is 5.32 Å². The van der Waals surface area contributed by atoms with Gasteiger partial charge in [-0.15, -0.1) is 0 Å². The second-order valence-electron chi connectivity index (χ2n) is 6.13. The Morgan fingerprint density at radius 3 is 2.00 bits per heavy atom. The maximum Gasteiger partial charge on any atom is 0.303 e. The topological polar surface area (TPSA) is 72.5 Å². The minimum atomic E-state index is -1.11. The number of nitrogens with one attached hydrogen (secondary N) is 1. The second kappa shape index (κ2) is 8.77. The Balaban J connectivity index is 1.89. The van der Waals surface area contributed by atoms with E-state index in [1.807, 2.05) is 6.07 Å². The third kappa shape index (κ3) is 4.51. The zero-order chi connectivity index (χ0) is 19.9. The Morgan fingerprint density at radius 2 is 1.36 bits per heavy atom.